The Kier molecular flexibility index (Phi) is 2.49. The molecule has 1 saturated heterocycles. The summed E-state index contributed by atoms with van der Waals surface area (Å²) in [6.07, 6.45) is 3.09. The summed E-state index contributed by atoms with van der Waals surface area (Å²) in [7, 11) is 2.14. The largest absolute Gasteiger partial charge is 0.290 e. The maximum Gasteiger partial charge on any atom is 0.0758 e. The zero-order chi connectivity index (χ0) is 6.69. The van der Waals surface area contributed by atoms with Gasteiger partial charge in [-0.25, -0.2) is 5.32 Å². The fourth-order valence-corrected chi connectivity index (χ4v) is 1.18. The van der Waals surface area contributed by atoms with E-state index < -0.39 is 0 Å². The number of rotatable bonds is 2. The van der Waals surface area contributed by atoms with Crippen LogP contribution in [-0.2, 0) is 0 Å². The van der Waals surface area contributed by atoms with Crippen LogP contribution in [0, 0.1) is 0 Å². The zero-order valence-corrected chi connectivity index (χ0v) is 6.30. The topological polar surface area (TPSA) is 17.3 Å². The fourth-order valence-electron chi connectivity index (χ4n) is 1.18. The van der Waals surface area contributed by atoms with E-state index in [9.17, 15) is 0 Å². The molecule has 1 fully saturated rings. The first-order chi connectivity index (χ1) is 4.34. The van der Waals surface area contributed by atoms with Crippen molar-refractivity contribution in [2.45, 2.75) is 25.9 Å². The minimum Gasteiger partial charge on any atom is -0.290 e. The molecular weight excluding hydrogens is 112 g/mol. The predicted octanol–water partition coefficient (Wildman–Crippen LogP) is 0.662. The van der Waals surface area contributed by atoms with E-state index in [0.29, 0.717) is 6.17 Å². The Bertz CT molecular complexity index is 77.0. The van der Waals surface area contributed by atoms with Crippen molar-refractivity contribution in [3.63, 3.8) is 0 Å². The Hall–Kier alpha value is -0.0800. The molecule has 0 amide bonds. The maximum absolute atomic E-state index is 4.43. The first kappa shape index (κ1) is 7.03. The van der Waals surface area contributed by atoms with Crippen molar-refractivity contribution < 1.29 is 0 Å². The first-order valence-corrected chi connectivity index (χ1v) is 3.71. The Morgan fingerprint density at radius 2 is 2.44 bits per heavy atom. The van der Waals surface area contributed by atoms with Gasteiger partial charge in [-0.3, -0.25) is 4.90 Å². The average Bonchev–Trinajstić information content (AvgIpc) is 2.37. The van der Waals surface area contributed by atoms with Gasteiger partial charge in [0.2, 0.25) is 0 Å². The predicted molar refractivity (Wildman–Crippen MR) is 38.3 cm³/mol. The standard InChI is InChI=1S/C7H15N2/c1-3-9(2)7-5-4-6-8-7/h7H,3-6H2,1-2H3. The van der Waals surface area contributed by atoms with E-state index in [4.69, 9.17) is 0 Å². The van der Waals surface area contributed by atoms with Crippen LogP contribution in [0.4, 0.5) is 0 Å². The number of hydrogen-bond donors (Lipinski definition) is 0. The third kappa shape index (κ3) is 1.66. The molecule has 1 aliphatic heterocycles. The van der Waals surface area contributed by atoms with E-state index in [2.05, 4.69) is 24.2 Å². The highest BCUT2D eigenvalue weighted by Gasteiger charge is 2.17. The molecule has 1 radical (unpaired) electrons. The lowest BCUT2D eigenvalue weighted by Crippen LogP contribution is -2.34. The Balaban J connectivity index is 2.24. The Morgan fingerprint density at radius 3 is 2.89 bits per heavy atom. The molecule has 0 aromatic heterocycles. The zero-order valence-electron chi connectivity index (χ0n) is 6.30. The van der Waals surface area contributed by atoms with E-state index in [0.717, 1.165) is 13.1 Å². The molecule has 0 aromatic carbocycles. The van der Waals surface area contributed by atoms with E-state index in [1.54, 1.807) is 0 Å². The Labute approximate surface area is 57.2 Å². The average molecular weight is 127 g/mol. The van der Waals surface area contributed by atoms with E-state index in [1.165, 1.54) is 12.8 Å². The SMILES string of the molecule is CCN(C)C1CCC[N]1. The molecule has 2 heteroatoms. The summed E-state index contributed by atoms with van der Waals surface area (Å²) in [6, 6.07) is 0. The third-order valence-electron chi connectivity index (χ3n) is 1.97. The molecule has 0 aliphatic carbocycles. The van der Waals surface area contributed by atoms with Crippen LogP contribution in [0.3, 0.4) is 0 Å². The lowest BCUT2D eigenvalue weighted by molar-refractivity contribution is 0.233. The molecule has 1 atom stereocenters. The van der Waals surface area contributed by atoms with Crippen molar-refractivity contribution in [2.24, 2.45) is 0 Å². The van der Waals surface area contributed by atoms with Gasteiger partial charge < -0.3 is 0 Å². The van der Waals surface area contributed by atoms with Gasteiger partial charge in [0.25, 0.3) is 0 Å². The van der Waals surface area contributed by atoms with Crippen LogP contribution in [0.15, 0.2) is 0 Å². The molecule has 1 rings (SSSR count). The summed E-state index contributed by atoms with van der Waals surface area (Å²) in [4.78, 5) is 2.30. The van der Waals surface area contributed by atoms with E-state index >= 15 is 0 Å². The second-order valence-corrected chi connectivity index (χ2v) is 2.60. The van der Waals surface area contributed by atoms with E-state index in [1.807, 2.05) is 0 Å². The molecular formula is C7H15N2. The highest BCUT2D eigenvalue weighted by Crippen LogP contribution is 2.09. The third-order valence-corrected chi connectivity index (χ3v) is 1.97. The highest BCUT2D eigenvalue weighted by molar-refractivity contribution is 4.71. The Morgan fingerprint density at radius 1 is 1.67 bits per heavy atom. The van der Waals surface area contributed by atoms with Gasteiger partial charge in [-0.15, -0.1) is 0 Å². The second kappa shape index (κ2) is 3.18. The summed E-state index contributed by atoms with van der Waals surface area (Å²) >= 11 is 0. The van der Waals surface area contributed by atoms with Crippen molar-refractivity contribution in [1.82, 2.24) is 10.2 Å². The van der Waals surface area contributed by atoms with Gasteiger partial charge in [-0.1, -0.05) is 6.92 Å². The van der Waals surface area contributed by atoms with Crippen LogP contribution in [0.5, 0.6) is 0 Å². The van der Waals surface area contributed by atoms with Crippen LogP contribution in [-0.4, -0.2) is 31.2 Å². The van der Waals surface area contributed by atoms with E-state index in [-0.39, 0.29) is 0 Å². The molecule has 2 nitrogen and oxygen atoms in total. The van der Waals surface area contributed by atoms with Crippen molar-refractivity contribution >= 4 is 0 Å². The van der Waals surface area contributed by atoms with Gasteiger partial charge in [0, 0.05) is 6.54 Å². The summed E-state index contributed by atoms with van der Waals surface area (Å²) in [5, 5.41) is 4.43. The molecule has 0 saturated carbocycles. The van der Waals surface area contributed by atoms with Crippen LogP contribution in [0.25, 0.3) is 0 Å². The quantitative estimate of drug-likeness (QED) is 0.532. The molecule has 53 valence electrons. The van der Waals surface area contributed by atoms with Crippen LogP contribution in [0.1, 0.15) is 19.8 Å². The molecule has 1 heterocycles. The molecule has 0 aromatic rings. The maximum atomic E-state index is 4.43. The second-order valence-electron chi connectivity index (χ2n) is 2.60. The molecule has 0 spiro atoms. The van der Waals surface area contributed by atoms with Gasteiger partial charge in [0.05, 0.1) is 6.17 Å². The van der Waals surface area contributed by atoms with Crippen LogP contribution in [0.2, 0.25) is 0 Å². The minimum atomic E-state index is 0.537. The lowest BCUT2D eigenvalue weighted by atomic mass is 10.3. The number of nitrogens with zero attached hydrogens (tertiary/aromatic N) is 2. The molecule has 1 aliphatic rings. The summed E-state index contributed by atoms with van der Waals surface area (Å²) in [5.41, 5.74) is 0. The monoisotopic (exact) mass is 127 g/mol. The minimum absolute atomic E-state index is 0.537. The van der Waals surface area contributed by atoms with Gasteiger partial charge in [0.1, 0.15) is 0 Å². The molecule has 0 N–H and O–H groups in total. The molecule has 1 unspecified atom stereocenters. The normalized spacial score (nSPS) is 27.7. The first-order valence-electron chi connectivity index (χ1n) is 3.71. The summed E-state index contributed by atoms with van der Waals surface area (Å²) in [6.45, 7) is 4.37. The van der Waals surface area contributed by atoms with Gasteiger partial charge in [0.15, 0.2) is 0 Å². The van der Waals surface area contributed by atoms with Crippen molar-refractivity contribution in [3.05, 3.63) is 0 Å². The summed E-state index contributed by atoms with van der Waals surface area (Å²) in [5.74, 6) is 0. The van der Waals surface area contributed by atoms with Crippen LogP contribution < -0.4 is 5.32 Å². The van der Waals surface area contributed by atoms with Gasteiger partial charge in [-0.05, 0) is 26.4 Å². The van der Waals surface area contributed by atoms with Crippen molar-refractivity contribution in [3.8, 4) is 0 Å². The smallest absolute Gasteiger partial charge is 0.0758 e. The van der Waals surface area contributed by atoms with Gasteiger partial charge >= 0.3 is 0 Å². The van der Waals surface area contributed by atoms with Crippen LogP contribution >= 0.6 is 0 Å². The number of hydrogen-bond acceptors (Lipinski definition) is 1. The van der Waals surface area contributed by atoms with Crippen molar-refractivity contribution in [2.75, 3.05) is 20.1 Å². The van der Waals surface area contributed by atoms with Crippen molar-refractivity contribution in [1.29, 1.82) is 0 Å². The van der Waals surface area contributed by atoms with Gasteiger partial charge in [-0.2, -0.15) is 0 Å². The fraction of sp³-hybridized carbons (Fsp3) is 1.00. The lowest BCUT2D eigenvalue weighted by Gasteiger charge is -2.20. The highest BCUT2D eigenvalue weighted by atomic mass is 15.3. The molecule has 9 heavy (non-hydrogen) atoms. The summed E-state index contributed by atoms with van der Waals surface area (Å²) < 4.78 is 0. The molecule has 0 bridgehead atoms.